The van der Waals surface area contributed by atoms with Crippen LogP contribution in [0, 0.1) is 6.92 Å². The van der Waals surface area contributed by atoms with Crippen LogP contribution >= 0.6 is 11.6 Å². The summed E-state index contributed by atoms with van der Waals surface area (Å²) in [5.74, 6) is 6.28. The number of nitrogens with one attached hydrogen (secondary N) is 1. The largest absolute Gasteiger partial charge is 0.488 e. The zero-order valence-electron chi connectivity index (χ0n) is 8.93. The summed E-state index contributed by atoms with van der Waals surface area (Å²) in [6, 6.07) is 1.92. The van der Waals surface area contributed by atoms with E-state index in [1.165, 1.54) is 0 Å². The highest BCUT2D eigenvalue weighted by atomic mass is 35.5. The summed E-state index contributed by atoms with van der Waals surface area (Å²) in [5, 5.41) is 0.802. The third kappa shape index (κ3) is 1.77. The quantitative estimate of drug-likeness (QED) is 0.572. The Morgan fingerprint density at radius 1 is 1.60 bits per heavy atom. The van der Waals surface area contributed by atoms with Crippen LogP contribution in [-0.4, -0.2) is 6.10 Å². The number of benzene rings is 1. The third-order valence-corrected chi connectivity index (χ3v) is 3.29. The molecule has 3 N–H and O–H groups in total. The summed E-state index contributed by atoms with van der Waals surface area (Å²) in [5.41, 5.74) is 5.58. The number of fused-ring (bicyclic) bond motifs is 1. The molecule has 0 spiro atoms. The summed E-state index contributed by atoms with van der Waals surface area (Å²) < 4.78 is 5.76. The molecule has 1 unspecified atom stereocenters. The summed E-state index contributed by atoms with van der Waals surface area (Å²) in [6.07, 6.45) is 2.18. The first kappa shape index (κ1) is 10.6. The second-order valence-electron chi connectivity index (χ2n) is 3.97. The highest BCUT2D eigenvalue weighted by Gasteiger charge is 2.22. The lowest BCUT2D eigenvalue weighted by Gasteiger charge is -2.26. The smallest absolute Gasteiger partial charge is 0.148 e. The average Bonchev–Trinajstić information content (AvgIpc) is 2.23. The molecule has 1 atom stereocenters. The van der Waals surface area contributed by atoms with Gasteiger partial charge in [-0.1, -0.05) is 11.6 Å². The Morgan fingerprint density at radius 3 is 3.00 bits per heavy atom. The molecule has 0 saturated carbocycles. The number of hydrogen-bond donors (Lipinski definition) is 2. The standard InChI is InChI=1S/C11H15ClN2O/c1-6-5-9(14-13)11-8(10(6)12)4-3-7(2)15-11/h5,7,14H,3-4,13H2,1-2H3. The number of anilines is 1. The second kappa shape index (κ2) is 3.91. The fourth-order valence-electron chi connectivity index (χ4n) is 1.92. The van der Waals surface area contributed by atoms with E-state index >= 15 is 0 Å². The molecule has 0 amide bonds. The molecule has 1 aliphatic rings. The molecule has 1 heterocycles. The number of nitrogen functional groups attached to an aromatic ring is 1. The lowest BCUT2D eigenvalue weighted by molar-refractivity contribution is 0.193. The van der Waals surface area contributed by atoms with Gasteiger partial charge in [0.1, 0.15) is 5.75 Å². The number of ether oxygens (including phenoxy) is 1. The minimum atomic E-state index is 0.225. The number of nitrogens with two attached hydrogens (primary N) is 1. The highest BCUT2D eigenvalue weighted by molar-refractivity contribution is 6.32. The van der Waals surface area contributed by atoms with Gasteiger partial charge in [-0.05, 0) is 38.3 Å². The SMILES string of the molecule is Cc1cc(NN)c2c(c1Cl)CCC(C)O2. The van der Waals surface area contributed by atoms with Crippen molar-refractivity contribution in [1.82, 2.24) is 0 Å². The van der Waals surface area contributed by atoms with Crippen molar-refractivity contribution in [3.05, 3.63) is 22.2 Å². The molecule has 0 radical (unpaired) electrons. The van der Waals surface area contributed by atoms with Crippen molar-refractivity contribution in [1.29, 1.82) is 0 Å². The van der Waals surface area contributed by atoms with E-state index in [-0.39, 0.29) is 6.10 Å². The number of hydrogen-bond acceptors (Lipinski definition) is 3. The third-order valence-electron chi connectivity index (χ3n) is 2.77. The Balaban J connectivity index is 2.57. The summed E-state index contributed by atoms with van der Waals surface area (Å²) in [4.78, 5) is 0. The van der Waals surface area contributed by atoms with Crippen LogP contribution in [0.4, 0.5) is 5.69 Å². The van der Waals surface area contributed by atoms with Crippen LogP contribution in [0.15, 0.2) is 6.07 Å². The molecule has 2 rings (SSSR count). The van der Waals surface area contributed by atoms with E-state index in [2.05, 4.69) is 12.3 Å². The minimum absolute atomic E-state index is 0.225. The zero-order chi connectivity index (χ0) is 11.0. The van der Waals surface area contributed by atoms with E-state index in [1.54, 1.807) is 0 Å². The van der Waals surface area contributed by atoms with Gasteiger partial charge in [-0.3, -0.25) is 5.84 Å². The van der Waals surface area contributed by atoms with Crippen molar-refractivity contribution in [2.45, 2.75) is 32.8 Å². The predicted octanol–water partition coefficient (Wildman–Crippen LogP) is 2.65. The maximum Gasteiger partial charge on any atom is 0.148 e. The molecular weight excluding hydrogens is 212 g/mol. The Hall–Kier alpha value is -0.930. The van der Waals surface area contributed by atoms with E-state index in [9.17, 15) is 0 Å². The molecule has 82 valence electrons. The van der Waals surface area contributed by atoms with Crippen molar-refractivity contribution in [2.75, 3.05) is 5.43 Å². The van der Waals surface area contributed by atoms with Crippen molar-refractivity contribution in [3.63, 3.8) is 0 Å². The van der Waals surface area contributed by atoms with E-state index in [0.29, 0.717) is 0 Å². The van der Waals surface area contributed by atoms with Gasteiger partial charge in [-0.2, -0.15) is 0 Å². The van der Waals surface area contributed by atoms with Gasteiger partial charge in [0, 0.05) is 5.56 Å². The molecule has 1 aromatic rings. The first-order chi connectivity index (χ1) is 7.13. The molecule has 0 saturated heterocycles. The van der Waals surface area contributed by atoms with Crippen LogP contribution in [0.5, 0.6) is 5.75 Å². The van der Waals surface area contributed by atoms with Gasteiger partial charge < -0.3 is 10.2 Å². The van der Waals surface area contributed by atoms with Crippen molar-refractivity contribution in [2.24, 2.45) is 5.84 Å². The average molecular weight is 227 g/mol. The Morgan fingerprint density at radius 2 is 2.33 bits per heavy atom. The molecule has 1 aliphatic heterocycles. The molecule has 0 fully saturated rings. The molecular formula is C11H15ClN2O. The first-order valence-electron chi connectivity index (χ1n) is 5.08. The summed E-state index contributed by atoms with van der Waals surface area (Å²) >= 11 is 6.24. The van der Waals surface area contributed by atoms with Gasteiger partial charge in [-0.25, -0.2) is 0 Å². The molecule has 0 bridgehead atoms. The van der Waals surface area contributed by atoms with Crippen molar-refractivity contribution >= 4 is 17.3 Å². The molecule has 0 aliphatic carbocycles. The van der Waals surface area contributed by atoms with Gasteiger partial charge in [0.15, 0.2) is 0 Å². The number of rotatable bonds is 1. The van der Waals surface area contributed by atoms with Crippen LogP contribution in [0.3, 0.4) is 0 Å². The van der Waals surface area contributed by atoms with Crippen molar-refractivity contribution in [3.8, 4) is 5.75 Å². The molecule has 4 heteroatoms. The van der Waals surface area contributed by atoms with E-state index < -0.39 is 0 Å². The number of halogens is 1. The van der Waals surface area contributed by atoms with Gasteiger partial charge in [0.25, 0.3) is 0 Å². The fraction of sp³-hybridized carbons (Fsp3) is 0.455. The first-order valence-corrected chi connectivity index (χ1v) is 5.46. The minimum Gasteiger partial charge on any atom is -0.488 e. The van der Waals surface area contributed by atoms with Crippen LogP contribution in [-0.2, 0) is 6.42 Å². The Kier molecular flexibility index (Phi) is 2.76. The highest BCUT2D eigenvalue weighted by Crippen LogP contribution is 2.40. The molecule has 0 aromatic heterocycles. The maximum atomic E-state index is 6.24. The van der Waals surface area contributed by atoms with Crippen LogP contribution < -0.4 is 16.0 Å². The van der Waals surface area contributed by atoms with Crippen LogP contribution in [0.25, 0.3) is 0 Å². The maximum absolute atomic E-state index is 6.24. The lowest BCUT2D eigenvalue weighted by Crippen LogP contribution is -2.21. The summed E-state index contributed by atoms with van der Waals surface area (Å²) in [7, 11) is 0. The normalized spacial score (nSPS) is 19.3. The molecule has 3 nitrogen and oxygen atoms in total. The number of hydrazine groups is 1. The van der Waals surface area contributed by atoms with Crippen LogP contribution in [0.2, 0.25) is 5.02 Å². The fourth-order valence-corrected chi connectivity index (χ4v) is 2.15. The lowest BCUT2D eigenvalue weighted by atomic mass is 9.99. The monoisotopic (exact) mass is 226 g/mol. The predicted molar refractivity (Wildman–Crippen MR) is 62.4 cm³/mol. The number of aryl methyl sites for hydroxylation is 1. The van der Waals surface area contributed by atoms with Gasteiger partial charge >= 0.3 is 0 Å². The topological polar surface area (TPSA) is 47.3 Å². The van der Waals surface area contributed by atoms with Gasteiger partial charge in [-0.15, -0.1) is 0 Å². The summed E-state index contributed by atoms with van der Waals surface area (Å²) in [6.45, 7) is 4.03. The zero-order valence-corrected chi connectivity index (χ0v) is 9.69. The van der Waals surface area contributed by atoms with Crippen molar-refractivity contribution < 1.29 is 4.74 Å². The van der Waals surface area contributed by atoms with E-state index in [4.69, 9.17) is 22.2 Å². The van der Waals surface area contributed by atoms with E-state index in [1.807, 2.05) is 13.0 Å². The Labute approximate surface area is 94.5 Å². The Bertz CT molecular complexity index is 393. The van der Waals surface area contributed by atoms with E-state index in [0.717, 1.165) is 40.4 Å². The van der Waals surface area contributed by atoms with Gasteiger partial charge in [0.05, 0.1) is 16.8 Å². The van der Waals surface area contributed by atoms with Crippen LogP contribution in [0.1, 0.15) is 24.5 Å². The van der Waals surface area contributed by atoms with Gasteiger partial charge in [0.2, 0.25) is 0 Å². The molecule has 1 aromatic carbocycles. The second-order valence-corrected chi connectivity index (χ2v) is 4.35. The molecule has 15 heavy (non-hydrogen) atoms.